The van der Waals surface area contributed by atoms with Gasteiger partial charge in [0.25, 0.3) is 0 Å². The molecule has 1 aromatic carbocycles. The van der Waals surface area contributed by atoms with Crippen LogP contribution in [-0.2, 0) is 5.54 Å². The molecular formula is C14H17BrClN3. The van der Waals surface area contributed by atoms with Crippen LogP contribution in [0.15, 0.2) is 22.7 Å². The standard InChI is InChI=1S/C14H17BrClN3/c1-8-18-12(13(17)19(8)14(2,3)4)10-6-5-9(15)7-11(10)16/h5-7H,17H2,1-4H3. The number of nitrogen functional groups attached to an aromatic ring is 1. The molecule has 0 aliphatic rings. The molecule has 102 valence electrons. The van der Waals surface area contributed by atoms with Crippen molar-refractivity contribution in [1.29, 1.82) is 0 Å². The second-order valence-corrected chi connectivity index (χ2v) is 6.85. The first kappa shape index (κ1) is 14.4. The van der Waals surface area contributed by atoms with Crippen molar-refractivity contribution in [1.82, 2.24) is 9.55 Å². The number of anilines is 1. The summed E-state index contributed by atoms with van der Waals surface area (Å²) in [6.07, 6.45) is 0. The number of benzene rings is 1. The van der Waals surface area contributed by atoms with Gasteiger partial charge in [0.1, 0.15) is 17.3 Å². The molecule has 2 rings (SSSR count). The van der Waals surface area contributed by atoms with E-state index >= 15 is 0 Å². The number of nitrogens with two attached hydrogens (primary N) is 1. The zero-order valence-corrected chi connectivity index (χ0v) is 13.8. The third-order valence-electron chi connectivity index (χ3n) is 2.94. The predicted molar refractivity (Wildman–Crippen MR) is 84.5 cm³/mol. The molecule has 1 heterocycles. The van der Waals surface area contributed by atoms with Crippen LogP contribution in [0.1, 0.15) is 26.6 Å². The minimum atomic E-state index is -0.110. The van der Waals surface area contributed by atoms with E-state index in [9.17, 15) is 0 Å². The van der Waals surface area contributed by atoms with Crippen LogP contribution in [0.4, 0.5) is 5.82 Å². The highest BCUT2D eigenvalue weighted by Crippen LogP contribution is 2.35. The summed E-state index contributed by atoms with van der Waals surface area (Å²) in [5.41, 5.74) is 7.75. The van der Waals surface area contributed by atoms with Gasteiger partial charge in [-0.15, -0.1) is 0 Å². The maximum absolute atomic E-state index is 6.28. The van der Waals surface area contributed by atoms with Crippen molar-refractivity contribution in [3.63, 3.8) is 0 Å². The number of hydrogen-bond donors (Lipinski definition) is 1. The molecule has 0 atom stereocenters. The first-order valence-corrected chi connectivity index (χ1v) is 7.19. The minimum Gasteiger partial charge on any atom is -0.383 e. The molecule has 0 saturated heterocycles. The number of halogens is 2. The van der Waals surface area contributed by atoms with Crippen LogP contribution in [0.2, 0.25) is 5.02 Å². The van der Waals surface area contributed by atoms with Crippen molar-refractivity contribution in [2.75, 3.05) is 5.73 Å². The molecule has 0 spiro atoms. The molecule has 2 N–H and O–H groups in total. The van der Waals surface area contributed by atoms with E-state index in [2.05, 4.69) is 41.7 Å². The predicted octanol–water partition coefficient (Wildman–Crippen LogP) is 4.61. The Morgan fingerprint density at radius 1 is 1.32 bits per heavy atom. The van der Waals surface area contributed by atoms with Crippen LogP contribution in [0.5, 0.6) is 0 Å². The highest BCUT2D eigenvalue weighted by Gasteiger charge is 2.23. The van der Waals surface area contributed by atoms with Crippen LogP contribution < -0.4 is 5.73 Å². The summed E-state index contributed by atoms with van der Waals surface area (Å²) in [7, 11) is 0. The van der Waals surface area contributed by atoms with Crippen molar-refractivity contribution < 1.29 is 0 Å². The smallest absolute Gasteiger partial charge is 0.132 e. The van der Waals surface area contributed by atoms with Gasteiger partial charge in [-0.3, -0.25) is 0 Å². The summed E-state index contributed by atoms with van der Waals surface area (Å²) in [5, 5.41) is 0.639. The summed E-state index contributed by atoms with van der Waals surface area (Å²) in [5.74, 6) is 1.54. The molecule has 0 saturated carbocycles. The molecule has 3 nitrogen and oxygen atoms in total. The van der Waals surface area contributed by atoms with Crippen LogP contribution in [0.25, 0.3) is 11.3 Å². The Kier molecular flexibility index (Phi) is 3.67. The van der Waals surface area contributed by atoms with E-state index in [0.717, 1.165) is 21.6 Å². The summed E-state index contributed by atoms with van der Waals surface area (Å²) < 4.78 is 2.97. The lowest BCUT2D eigenvalue weighted by atomic mass is 10.1. The second kappa shape index (κ2) is 4.84. The van der Waals surface area contributed by atoms with Crippen molar-refractivity contribution in [2.24, 2.45) is 0 Å². The maximum atomic E-state index is 6.28. The Morgan fingerprint density at radius 3 is 2.42 bits per heavy atom. The lowest BCUT2D eigenvalue weighted by Crippen LogP contribution is -2.24. The van der Waals surface area contributed by atoms with Gasteiger partial charge in [-0.1, -0.05) is 33.6 Å². The van der Waals surface area contributed by atoms with E-state index in [1.165, 1.54) is 0 Å². The third kappa shape index (κ3) is 2.65. The fourth-order valence-corrected chi connectivity index (χ4v) is 3.04. The molecule has 5 heteroatoms. The van der Waals surface area contributed by atoms with Gasteiger partial charge < -0.3 is 10.3 Å². The first-order chi connectivity index (χ1) is 8.71. The second-order valence-electron chi connectivity index (χ2n) is 5.52. The van der Waals surface area contributed by atoms with Crippen molar-refractivity contribution in [3.8, 4) is 11.3 Å². The molecule has 0 unspecified atom stereocenters. The normalized spacial score (nSPS) is 11.9. The summed E-state index contributed by atoms with van der Waals surface area (Å²) in [6, 6.07) is 5.71. The van der Waals surface area contributed by atoms with Gasteiger partial charge in [-0.2, -0.15) is 0 Å². The van der Waals surface area contributed by atoms with Crippen LogP contribution in [0.3, 0.4) is 0 Å². The largest absolute Gasteiger partial charge is 0.383 e. The fourth-order valence-electron chi connectivity index (χ4n) is 2.28. The zero-order chi connectivity index (χ0) is 14.4. The summed E-state index contributed by atoms with van der Waals surface area (Å²) in [6.45, 7) is 8.26. The number of hydrogen-bond acceptors (Lipinski definition) is 2. The molecule has 0 aliphatic heterocycles. The zero-order valence-electron chi connectivity index (χ0n) is 11.5. The Hall–Kier alpha value is -1.00. The van der Waals surface area contributed by atoms with Crippen molar-refractivity contribution in [2.45, 2.75) is 33.2 Å². The topological polar surface area (TPSA) is 43.8 Å². The molecule has 0 aliphatic carbocycles. The van der Waals surface area contributed by atoms with Gasteiger partial charge in [0, 0.05) is 15.6 Å². The molecular weight excluding hydrogens is 326 g/mol. The van der Waals surface area contributed by atoms with Crippen LogP contribution in [-0.4, -0.2) is 9.55 Å². The number of nitrogens with zero attached hydrogens (tertiary/aromatic N) is 2. The van der Waals surface area contributed by atoms with E-state index in [4.69, 9.17) is 17.3 Å². The quantitative estimate of drug-likeness (QED) is 0.822. The van der Waals surface area contributed by atoms with Gasteiger partial charge >= 0.3 is 0 Å². The Morgan fingerprint density at radius 2 is 1.95 bits per heavy atom. The van der Waals surface area contributed by atoms with E-state index in [-0.39, 0.29) is 5.54 Å². The lowest BCUT2D eigenvalue weighted by molar-refractivity contribution is 0.393. The SMILES string of the molecule is Cc1nc(-c2ccc(Br)cc2Cl)c(N)n1C(C)(C)C. The molecule has 0 bridgehead atoms. The number of imidazole rings is 1. The van der Waals surface area contributed by atoms with Crippen LogP contribution >= 0.6 is 27.5 Å². The average molecular weight is 343 g/mol. The summed E-state index contributed by atoms with van der Waals surface area (Å²) in [4.78, 5) is 4.58. The Bertz CT molecular complexity index is 626. The molecule has 0 amide bonds. The fraction of sp³-hybridized carbons (Fsp3) is 0.357. The maximum Gasteiger partial charge on any atom is 0.132 e. The van der Waals surface area contributed by atoms with Gasteiger partial charge in [-0.25, -0.2) is 4.98 Å². The van der Waals surface area contributed by atoms with Gasteiger partial charge in [-0.05, 0) is 39.8 Å². The number of aryl methyl sites for hydroxylation is 1. The monoisotopic (exact) mass is 341 g/mol. The molecule has 0 radical (unpaired) electrons. The number of rotatable bonds is 1. The van der Waals surface area contributed by atoms with E-state index in [0.29, 0.717) is 10.8 Å². The van der Waals surface area contributed by atoms with Gasteiger partial charge in [0.05, 0.1) is 5.02 Å². The lowest BCUT2D eigenvalue weighted by Gasteiger charge is -2.24. The van der Waals surface area contributed by atoms with E-state index in [1.807, 2.05) is 29.7 Å². The Balaban J connectivity index is 2.65. The molecule has 2 aromatic rings. The highest BCUT2D eigenvalue weighted by molar-refractivity contribution is 9.10. The molecule has 0 fully saturated rings. The Labute approximate surface area is 126 Å². The molecule has 1 aromatic heterocycles. The van der Waals surface area contributed by atoms with Crippen LogP contribution in [0, 0.1) is 6.92 Å². The minimum absolute atomic E-state index is 0.110. The van der Waals surface area contributed by atoms with E-state index in [1.54, 1.807) is 0 Å². The van der Waals surface area contributed by atoms with Gasteiger partial charge in [0.2, 0.25) is 0 Å². The number of aromatic nitrogens is 2. The van der Waals surface area contributed by atoms with Crippen molar-refractivity contribution >= 4 is 33.3 Å². The van der Waals surface area contributed by atoms with E-state index < -0.39 is 0 Å². The average Bonchev–Trinajstić information content (AvgIpc) is 2.53. The van der Waals surface area contributed by atoms with Gasteiger partial charge in [0.15, 0.2) is 0 Å². The molecule has 19 heavy (non-hydrogen) atoms. The highest BCUT2D eigenvalue weighted by atomic mass is 79.9. The van der Waals surface area contributed by atoms with Crippen molar-refractivity contribution in [3.05, 3.63) is 33.5 Å². The summed E-state index contributed by atoms with van der Waals surface area (Å²) >= 11 is 9.67. The first-order valence-electron chi connectivity index (χ1n) is 6.02. The third-order valence-corrected chi connectivity index (χ3v) is 3.74.